The van der Waals surface area contributed by atoms with E-state index in [0.717, 1.165) is 32.8 Å². The van der Waals surface area contributed by atoms with E-state index < -0.39 is 31.4 Å². The molecule has 0 aromatic heterocycles. The summed E-state index contributed by atoms with van der Waals surface area (Å²) < 4.78 is 34.8. The van der Waals surface area contributed by atoms with Crippen LogP contribution >= 0.6 is 7.34 Å². The van der Waals surface area contributed by atoms with Crippen LogP contribution in [0.25, 0.3) is 0 Å². The van der Waals surface area contributed by atoms with Gasteiger partial charge >= 0.3 is 11.9 Å². The number of carbonyl (C=O) groups is 2. The second-order valence-electron chi connectivity index (χ2n) is 5.82. The molecule has 0 heterocycles. The Kier molecular flexibility index (Phi) is 12.8. The van der Waals surface area contributed by atoms with E-state index in [1.54, 1.807) is 0 Å². The predicted molar refractivity (Wildman–Crippen MR) is 97.7 cm³/mol. The normalized spacial score (nSPS) is 14.0. The summed E-state index contributed by atoms with van der Waals surface area (Å²) in [5.41, 5.74) is 0. The van der Waals surface area contributed by atoms with Crippen LogP contribution in [0.2, 0.25) is 0 Å². The number of unbranched alkanes of at least 4 members (excludes halogenated alkanes) is 2. The van der Waals surface area contributed by atoms with Crippen molar-refractivity contribution in [3.8, 4) is 0 Å². The summed E-state index contributed by atoms with van der Waals surface area (Å²) in [6, 6.07) is 0. The van der Waals surface area contributed by atoms with Gasteiger partial charge in [0.05, 0.1) is 33.4 Å². The van der Waals surface area contributed by atoms with E-state index in [0.29, 0.717) is 13.2 Å². The van der Waals surface area contributed by atoms with Gasteiger partial charge in [-0.1, -0.05) is 33.0 Å². The average molecular weight is 382 g/mol. The van der Waals surface area contributed by atoms with Gasteiger partial charge in [0.1, 0.15) is 7.34 Å². The number of halogens is 1. The van der Waals surface area contributed by atoms with Gasteiger partial charge in [-0.15, -0.1) is 0 Å². The third kappa shape index (κ3) is 9.97. The van der Waals surface area contributed by atoms with E-state index >= 15 is 0 Å². The molecule has 0 saturated carbocycles. The standard InChI is InChI=1S/C17H32FO6P/c1-6-8-10-23-25(5,24-11-9-7-2)13-14(16(19)21-3)12-15(18)17(20)22-4/h14-15H,5-13H2,1-4H3/t14-,15+/m0/s1. The van der Waals surface area contributed by atoms with Crippen LogP contribution in [-0.2, 0) is 28.1 Å². The molecule has 8 heteroatoms. The Bertz CT molecular complexity index is 429. The van der Waals surface area contributed by atoms with Crippen molar-refractivity contribution in [3.05, 3.63) is 0 Å². The topological polar surface area (TPSA) is 71.1 Å². The lowest BCUT2D eigenvalue weighted by atomic mass is 10.0. The molecular weight excluding hydrogens is 350 g/mol. The molecule has 148 valence electrons. The first-order valence-corrected chi connectivity index (χ1v) is 10.6. The van der Waals surface area contributed by atoms with Gasteiger partial charge in [-0.05, 0) is 12.8 Å². The van der Waals surface area contributed by atoms with E-state index in [1.165, 1.54) is 7.11 Å². The second-order valence-corrected chi connectivity index (χ2v) is 8.33. The van der Waals surface area contributed by atoms with Crippen molar-refractivity contribution in [1.82, 2.24) is 0 Å². The maximum Gasteiger partial charge on any atom is 0.340 e. The van der Waals surface area contributed by atoms with Gasteiger partial charge < -0.3 is 18.5 Å². The predicted octanol–water partition coefficient (Wildman–Crippen LogP) is 3.59. The third-order valence-corrected chi connectivity index (χ3v) is 5.93. The zero-order valence-corrected chi connectivity index (χ0v) is 16.7. The van der Waals surface area contributed by atoms with Crippen molar-refractivity contribution in [2.24, 2.45) is 5.92 Å². The molecule has 0 saturated heterocycles. The fourth-order valence-corrected chi connectivity index (χ4v) is 4.29. The Balaban J connectivity index is 5.11. The van der Waals surface area contributed by atoms with Crippen LogP contribution in [0.5, 0.6) is 0 Å². The Morgan fingerprint density at radius 2 is 1.48 bits per heavy atom. The Labute approximate surface area is 150 Å². The van der Waals surface area contributed by atoms with Crippen molar-refractivity contribution in [1.29, 1.82) is 0 Å². The first-order chi connectivity index (χ1) is 11.8. The minimum absolute atomic E-state index is 0.102. The molecule has 0 bridgehead atoms. The van der Waals surface area contributed by atoms with Crippen molar-refractivity contribution in [3.63, 3.8) is 0 Å². The van der Waals surface area contributed by atoms with Crippen LogP contribution in [0.3, 0.4) is 0 Å². The molecule has 6 nitrogen and oxygen atoms in total. The van der Waals surface area contributed by atoms with Gasteiger partial charge in [0.2, 0.25) is 0 Å². The van der Waals surface area contributed by atoms with Gasteiger partial charge in [0, 0.05) is 12.6 Å². The van der Waals surface area contributed by atoms with Gasteiger partial charge in [0.15, 0.2) is 6.17 Å². The average Bonchev–Trinajstić information content (AvgIpc) is 2.60. The lowest BCUT2D eigenvalue weighted by Gasteiger charge is -2.28. The van der Waals surface area contributed by atoms with Gasteiger partial charge in [-0.3, -0.25) is 4.79 Å². The number of carbonyl (C=O) groups excluding carboxylic acids is 2. The number of hydrogen-bond donors (Lipinski definition) is 0. The molecule has 0 spiro atoms. The lowest BCUT2D eigenvalue weighted by Crippen LogP contribution is -2.29. The molecular formula is C17H32FO6P. The van der Waals surface area contributed by atoms with Crippen molar-refractivity contribution in [2.45, 2.75) is 52.1 Å². The highest BCUT2D eigenvalue weighted by Crippen LogP contribution is 2.50. The molecule has 0 aliphatic carbocycles. The third-order valence-electron chi connectivity index (χ3n) is 3.63. The minimum Gasteiger partial charge on any atom is -0.469 e. The summed E-state index contributed by atoms with van der Waals surface area (Å²) in [5, 5.41) is 0. The van der Waals surface area contributed by atoms with E-state index in [-0.39, 0.29) is 12.6 Å². The first kappa shape index (κ1) is 24.1. The summed E-state index contributed by atoms with van der Waals surface area (Å²) in [6.45, 7) is 4.99. The largest absolute Gasteiger partial charge is 0.469 e. The highest BCUT2D eigenvalue weighted by molar-refractivity contribution is 7.64. The highest BCUT2D eigenvalue weighted by atomic mass is 31.2. The zero-order valence-electron chi connectivity index (χ0n) is 15.8. The number of esters is 2. The van der Waals surface area contributed by atoms with Gasteiger partial charge in [-0.2, -0.15) is 0 Å². The van der Waals surface area contributed by atoms with Gasteiger partial charge in [-0.25, -0.2) is 9.18 Å². The Morgan fingerprint density at radius 3 is 1.88 bits per heavy atom. The smallest absolute Gasteiger partial charge is 0.340 e. The first-order valence-electron chi connectivity index (χ1n) is 8.64. The molecule has 2 atom stereocenters. The Hall–Kier alpha value is -0.910. The summed E-state index contributed by atoms with van der Waals surface area (Å²) in [7, 11) is -0.295. The number of rotatable bonds is 14. The van der Waals surface area contributed by atoms with E-state index in [2.05, 4.69) is 11.0 Å². The fourth-order valence-electron chi connectivity index (χ4n) is 2.11. The molecule has 0 aromatic carbocycles. The molecule has 0 unspecified atom stereocenters. The van der Waals surface area contributed by atoms with Crippen LogP contribution < -0.4 is 0 Å². The monoisotopic (exact) mass is 382 g/mol. The maximum absolute atomic E-state index is 14.0. The number of methoxy groups -OCH3 is 2. The molecule has 0 aliphatic heterocycles. The minimum atomic E-state index is -2.62. The number of ether oxygens (including phenoxy) is 2. The molecule has 0 N–H and O–H groups in total. The van der Waals surface area contributed by atoms with Crippen LogP contribution in [0, 0.1) is 5.92 Å². The molecule has 25 heavy (non-hydrogen) atoms. The zero-order chi connectivity index (χ0) is 19.3. The number of alkyl halides is 1. The van der Waals surface area contributed by atoms with E-state index in [9.17, 15) is 14.0 Å². The van der Waals surface area contributed by atoms with Crippen LogP contribution in [0.15, 0.2) is 0 Å². The summed E-state index contributed by atoms with van der Waals surface area (Å²) in [6.07, 6.45) is 5.49. The van der Waals surface area contributed by atoms with Crippen molar-refractivity contribution in [2.75, 3.05) is 33.6 Å². The molecule has 0 aliphatic rings. The molecule has 0 amide bonds. The van der Waals surface area contributed by atoms with Crippen LogP contribution in [-0.4, -0.2) is 58.0 Å². The quantitative estimate of drug-likeness (QED) is 0.260. The maximum atomic E-state index is 14.0. The van der Waals surface area contributed by atoms with Crippen molar-refractivity contribution >= 4 is 25.6 Å². The summed E-state index contributed by atoms with van der Waals surface area (Å²) >= 11 is 0. The summed E-state index contributed by atoms with van der Waals surface area (Å²) in [4.78, 5) is 23.4. The molecule has 0 fully saturated rings. The fraction of sp³-hybridized carbons (Fsp3) is 0.824. The van der Waals surface area contributed by atoms with E-state index in [4.69, 9.17) is 13.8 Å². The Morgan fingerprint density at radius 1 is 1.00 bits per heavy atom. The molecule has 0 rings (SSSR count). The lowest BCUT2D eigenvalue weighted by molar-refractivity contribution is -0.150. The number of hydrogen-bond acceptors (Lipinski definition) is 6. The molecule has 0 aromatic rings. The SMILES string of the molecule is C=P(C[C@H](C[C@@H](F)C(=O)OC)C(=O)OC)(OCCCC)OCCCC. The summed E-state index contributed by atoms with van der Waals surface area (Å²) in [5.74, 6) is -2.51. The highest BCUT2D eigenvalue weighted by Gasteiger charge is 2.33. The van der Waals surface area contributed by atoms with Crippen LogP contribution in [0.1, 0.15) is 46.0 Å². The molecule has 0 radical (unpaired) electrons. The van der Waals surface area contributed by atoms with Crippen molar-refractivity contribution < 1.29 is 32.5 Å². The second kappa shape index (κ2) is 13.3. The van der Waals surface area contributed by atoms with E-state index in [1.807, 2.05) is 13.8 Å². The van der Waals surface area contributed by atoms with Gasteiger partial charge in [0.25, 0.3) is 0 Å². The van der Waals surface area contributed by atoms with Crippen LogP contribution in [0.4, 0.5) is 4.39 Å².